The van der Waals surface area contributed by atoms with Gasteiger partial charge in [-0.05, 0) is 37.1 Å². The number of carbonyl (C=O) groups excluding carboxylic acids is 1. The maximum Gasteiger partial charge on any atom is 0.254 e. The van der Waals surface area contributed by atoms with Gasteiger partial charge in [0.15, 0.2) is 0 Å². The average molecular weight is 286 g/mol. The molecule has 1 aliphatic rings. The predicted molar refractivity (Wildman–Crippen MR) is 64.3 cm³/mol. The molecule has 0 saturated carbocycles. The molecule has 2 rings (SSSR count). The van der Waals surface area contributed by atoms with E-state index in [1.54, 1.807) is 12.1 Å². The Kier molecular flexibility index (Phi) is 3.59. The summed E-state index contributed by atoms with van der Waals surface area (Å²) in [6.07, 6.45) is 2.08. The highest BCUT2D eigenvalue weighted by Crippen LogP contribution is 2.21. The summed E-state index contributed by atoms with van der Waals surface area (Å²) in [4.78, 5) is 14.0. The summed E-state index contributed by atoms with van der Waals surface area (Å²) >= 11 is 3.42. The third kappa shape index (κ3) is 2.26. The predicted octanol–water partition coefficient (Wildman–Crippen LogP) is 2.83. The van der Waals surface area contributed by atoms with E-state index in [1.807, 2.05) is 4.90 Å². The van der Waals surface area contributed by atoms with Crippen LogP contribution < -0.4 is 0 Å². The second-order valence-electron chi connectivity index (χ2n) is 3.96. The molecule has 16 heavy (non-hydrogen) atoms. The maximum absolute atomic E-state index is 12.7. The minimum absolute atomic E-state index is 0.00181. The summed E-state index contributed by atoms with van der Waals surface area (Å²) in [6.45, 7) is 0.798. The van der Waals surface area contributed by atoms with E-state index in [4.69, 9.17) is 0 Å². The summed E-state index contributed by atoms with van der Waals surface area (Å²) < 4.78 is 12.7. The normalized spacial score (nSPS) is 20.1. The lowest BCUT2D eigenvalue weighted by atomic mass is 10.2. The van der Waals surface area contributed by atoms with Crippen molar-refractivity contribution in [2.75, 3.05) is 11.9 Å². The maximum atomic E-state index is 12.7. The van der Waals surface area contributed by atoms with Crippen molar-refractivity contribution in [2.45, 2.75) is 18.9 Å². The van der Waals surface area contributed by atoms with Gasteiger partial charge in [-0.1, -0.05) is 15.9 Å². The Morgan fingerprint density at radius 2 is 2.12 bits per heavy atom. The van der Waals surface area contributed by atoms with E-state index in [2.05, 4.69) is 15.9 Å². The van der Waals surface area contributed by atoms with Crippen molar-refractivity contribution in [3.8, 4) is 0 Å². The minimum atomic E-state index is -0.310. The highest BCUT2D eigenvalue weighted by molar-refractivity contribution is 9.09. The quantitative estimate of drug-likeness (QED) is 0.766. The third-order valence-corrected chi connectivity index (χ3v) is 3.65. The van der Waals surface area contributed by atoms with E-state index in [9.17, 15) is 9.18 Å². The van der Waals surface area contributed by atoms with Crippen LogP contribution in [-0.4, -0.2) is 28.7 Å². The van der Waals surface area contributed by atoms with Crippen molar-refractivity contribution < 1.29 is 9.18 Å². The Labute approximate surface area is 103 Å². The molecule has 1 aromatic carbocycles. The van der Waals surface area contributed by atoms with Crippen LogP contribution >= 0.6 is 15.9 Å². The molecule has 0 radical (unpaired) electrons. The van der Waals surface area contributed by atoms with E-state index >= 15 is 0 Å². The largest absolute Gasteiger partial charge is 0.335 e. The topological polar surface area (TPSA) is 20.3 Å². The Morgan fingerprint density at radius 1 is 1.44 bits per heavy atom. The molecule has 0 aromatic heterocycles. The van der Waals surface area contributed by atoms with Crippen LogP contribution in [0.2, 0.25) is 0 Å². The number of alkyl halides is 1. The van der Waals surface area contributed by atoms with Crippen LogP contribution in [0.4, 0.5) is 4.39 Å². The summed E-state index contributed by atoms with van der Waals surface area (Å²) in [6, 6.07) is 6.01. The third-order valence-electron chi connectivity index (χ3n) is 2.91. The Hall–Kier alpha value is -0.900. The molecule has 1 amide bonds. The lowest BCUT2D eigenvalue weighted by molar-refractivity contribution is 0.0750. The Bertz CT molecular complexity index is 379. The van der Waals surface area contributed by atoms with E-state index in [1.165, 1.54) is 12.1 Å². The van der Waals surface area contributed by atoms with Crippen LogP contribution in [0, 0.1) is 5.82 Å². The molecule has 0 spiro atoms. The van der Waals surface area contributed by atoms with Gasteiger partial charge in [0.05, 0.1) is 0 Å². The molecule has 1 saturated heterocycles. The van der Waals surface area contributed by atoms with Gasteiger partial charge in [0.1, 0.15) is 5.82 Å². The van der Waals surface area contributed by atoms with Gasteiger partial charge in [-0.2, -0.15) is 0 Å². The minimum Gasteiger partial charge on any atom is -0.335 e. The molecule has 1 aromatic rings. The first-order valence-corrected chi connectivity index (χ1v) is 6.47. The molecule has 1 atom stereocenters. The molecule has 0 aliphatic carbocycles. The standard InChI is InChI=1S/C12H13BrFNO/c13-8-11-2-1-7-15(11)12(16)9-3-5-10(14)6-4-9/h3-6,11H,1-2,7-8H2/t11-/m0/s1. The first kappa shape index (κ1) is 11.6. The highest BCUT2D eigenvalue weighted by atomic mass is 79.9. The molecule has 2 nitrogen and oxygen atoms in total. The number of nitrogens with zero attached hydrogens (tertiary/aromatic N) is 1. The molecule has 0 bridgehead atoms. The van der Waals surface area contributed by atoms with E-state index in [0.29, 0.717) is 5.56 Å². The zero-order valence-corrected chi connectivity index (χ0v) is 10.4. The first-order chi connectivity index (χ1) is 7.72. The summed E-state index contributed by atoms with van der Waals surface area (Å²) in [5.41, 5.74) is 0.564. The Morgan fingerprint density at radius 3 is 2.75 bits per heavy atom. The van der Waals surface area contributed by atoms with Crippen molar-refractivity contribution in [3.63, 3.8) is 0 Å². The van der Waals surface area contributed by atoms with Crippen molar-refractivity contribution in [3.05, 3.63) is 35.6 Å². The van der Waals surface area contributed by atoms with Crippen molar-refractivity contribution in [1.82, 2.24) is 4.90 Å². The zero-order chi connectivity index (χ0) is 11.5. The summed E-state index contributed by atoms with van der Waals surface area (Å²) in [5, 5.41) is 0.805. The van der Waals surface area contributed by atoms with Gasteiger partial charge in [0.2, 0.25) is 0 Å². The molecular formula is C12H13BrFNO. The van der Waals surface area contributed by atoms with Crippen LogP contribution in [0.5, 0.6) is 0 Å². The molecule has 0 unspecified atom stereocenters. The first-order valence-electron chi connectivity index (χ1n) is 5.35. The number of halogens is 2. The lowest BCUT2D eigenvalue weighted by Crippen LogP contribution is -2.36. The van der Waals surface area contributed by atoms with E-state index in [-0.39, 0.29) is 17.8 Å². The lowest BCUT2D eigenvalue weighted by Gasteiger charge is -2.23. The van der Waals surface area contributed by atoms with Crippen molar-refractivity contribution in [1.29, 1.82) is 0 Å². The average Bonchev–Trinajstić information content (AvgIpc) is 2.77. The number of carbonyl (C=O) groups is 1. The summed E-state index contributed by atoms with van der Waals surface area (Å²) in [7, 11) is 0. The molecule has 4 heteroatoms. The van der Waals surface area contributed by atoms with Crippen molar-refractivity contribution >= 4 is 21.8 Å². The second-order valence-corrected chi connectivity index (χ2v) is 4.60. The molecule has 1 aliphatic heterocycles. The smallest absolute Gasteiger partial charge is 0.254 e. The SMILES string of the molecule is O=C(c1ccc(F)cc1)N1CCC[C@H]1CBr. The monoisotopic (exact) mass is 285 g/mol. The van der Waals surface area contributed by atoms with Gasteiger partial charge in [0.25, 0.3) is 5.91 Å². The van der Waals surface area contributed by atoms with Crippen LogP contribution in [-0.2, 0) is 0 Å². The van der Waals surface area contributed by atoms with Gasteiger partial charge in [-0.15, -0.1) is 0 Å². The fourth-order valence-electron chi connectivity index (χ4n) is 2.02. The zero-order valence-electron chi connectivity index (χ0n) is 8.83. The number of hydrogen-bond acceptors (Lipinski definition) is 1. The van der Waals surface area contributed by atoms with Gasteiger partial charge in [-0.3, -0.25) is 4.79 Å². The fraction of sp³-hybridized carbons (Fsp3) is 0.417. The van der Waals surface area contributed by atoms with E-state index < -0.39 is 0 Å². The Balaban J connectivity index is 2.15. The fourth-order valence-corrected chi connectivity index (χ4v) is 2.70. The van der Waals surface area contributed by atoms with Crippen LogP contribution in [0.1, 0.15) is 23.2 Å². The number of benzene rings is 1. The number of rotatable bonds is 2. The van der Waals surface area contributed by atoms with Crippen LogP contribution in [0.25, 0.3) is 0 Å². The number of likely N-dealkylation sites (tertiary alicyclic amines) is 1. The van der Waals surface area contributed by atoms with Gasteiger partial charge in [0, 0.05) is 23.5 Å². The molecule has 86 valence electrons. The van der Waals surface area contributed by atoms with Gasteiger partial charge < -0.3 is 4.90 Å². The molecular weight excluding hydrogens is 273 g/mol. The number of amides is 1. The number of hydrogen-bond donors (Lipinski definition) is 0. The molecule has 0 N–H and O–H groups in total. The summed E-state index contributed by atoms with van der Waals surface area (Å²) in [5.74, 6) is -0.308. The molecule has 1 heterocycles. The van der Waals surface area contributed by atoms with E-state index in [0.717, 1.165) is 24.7 Å². The van der Waals surface area contributed by atoms with Gasteiger partial charge >= 0.3 is 0 Å². The highest BCUT2D eigenvalue weighted by Gasteiger charge is 2.28. The van der Waals surface area contributed by atoms with Crippen molar-refractivity contribution in [2.24, 2.45) is 0 Å². The van der Waals surface area contributed by atoms with Crippen LogP contribution in [0.3, 0.4) is 0 Å². The second kappa shape index (κ2) is 4.95. The van der Waals surface area contributed by atoms with Gasteiger partial charge in [-0.25, -0.2) is 4.39 Å². The van der Waals surface area contributed by atoms with Crippen LogP contribution in [0.15, 0.2) is 24.3 Å². The molecule has 1 fully saturated rings.